The van der Waals surface area contributed by atoms with Crippen LogP contribution in [0.25, 0.3) is 10.9 Å². The maximum Gasteiger partial charge on any atom is 0.399 e. The second-order valence-corrected chi connectivity index (χ2v) is 11.6. The summed E-state index contributed by atoms with van der Waals surface area (Å²) >= 11 is 0. The Morgan fingerprint density at radius 2 is 1.67 bits per heavy atom. The van der Waals surface area contributed by atoms with Crippen molar-refractivity contribution in [1.29, 1.82) is 0 Å². The van der Waals surface area contributed by atoms with E-state index in [2.05, 4.69) is 37.7 Å². The van der Waals surface area contributed by atoms with Gasteiger partial charge in [-0.25, -0.2) is 8.78 Å². The third-order valence-corrected chi connectivity index (χ3v) is 8.39. The molecule has 3 aromatic carbocycles. The molecule has 2 fully saturated rings. The van der Waals surface area contributed by atoms with E-state index in [0.717, 1.165) is 44.7 Å². The average Bonchev–Trinajstić information content (AvgIpc) is 3.38. The van der Waals surface area contributed by atoms with Crippen LogP contribution in [-0.4, -0.2) is 79.7 Å². The second-order valence-electron chi connectivity index (χ2n) is 11.6. The normalized spacial score (nSPS) is 17.4. The van der Waals surface area contributed by atoms with Crippen LogP contribution < -0.4 is 15.5 Å². The molecule has 3 N–H and O–H groups in total. The Morgan fingerprint density at radius 1 is 0.956 bits per heavy atom. The molecule has 0 aliphatic carbocycles. The Morgan fingerprint density at radius 3 is 2.36 bits per heavy atom. The van der Waals surface area contributed by atoms with Crippen LogP contribution in [0.3, 0.4) is 0 Å². The minimum absolute atomic E-state index is 0.0309. The van der Waals surface area contributed by atoms with Gasteiger partial charge in [-0.2, -0.15) is 18.3 Å². The highest BCUT2D eigenvalue weighted by Crippen LogP contribution is 2.42. The lowest BCUT2D eigenvalue weighted by atomic mass is 9.90. The van der Waals surface area contributed by atoms with Gasteiger partial charge in [0, 0.05) is 68.3 Å². The summed E-state index contributed by atoms with van der Waals surface area (Å²) < 4.78 is 76.1. The van der Waals surface area contributed by atoms with E-state index in [9.17, 15) is 26.7 Å². The van der Waals surface area contributed by atoms with E-state index in [1.807, 2.05) is 12.1 Å². The van der Waals surface area contributed by atoms with Gasteiger partial charge in [0.1, 0.15) is 17.6 Å². The highest BCUT2D eigenvalue weighted by Gasteiger charge is 2.42. The fourth-order valence-corrected chi connectivity index (χ4v) is 5.97. The third kappa shape index (κ3) is 6.89. The van der Waals surface area contributed by atoms with Crippen molar-refractivity contribution in [3.8, 4) is 0 Å². The Kier molecular flexibility index (Phi) is 8.65. The van der Waals surface area contributed by atoms with Gasteiger partial charge in [-0.1, -0.05) is 6.07 Å². The number of piperazine rings is 1. The number of aromatic nitrogens is 2. The van der Waals surface area contributed by atoms with Crippen molar-refractivity contribution in [2.75, 3.05) is 62.0 Å². The number of likely N-dealkylation sites (N-methyl/N-ethyl adjacent to an activating group) is 1. The SMILES string of the molecule is CN1CCN(c2ccc(C(=O)Nc3n[nH]c4ccc(C(c5cc(F)cc(F)c5)C(F)(F)F)cc34)c(NC3CCOCC3)c2)CC1. The summed E-state index contributed by atoms with van der Waals surface area (Å²) in [5.41, 5.74) is 1.53. The largest absolute Gasteiger partial charge is 0.399 e. The molecule has 1 amide bonds. The smallest absolute Gasteiger partial charge is 0.381 e. The molecule has 1 aromatic heterocycles. The number of halogens is 5. The predicted molar refractivity (Wildman–Crippen MR) is 162 cm³/mol. The molecule has 6 rings (SSSR count). The molecule has 2 aliphatic rings. The van der Waals surface area contributed by atoms with Crippen molar-refractivity contribution in [2.45, 2.75) is 31.0 Å². The van der Waals surface area contributed by atoms with E-state index < -0.39 is 35.2 Å². The van der Waals surface area contributed by atoms with E-state index in [1.165, 1.54) is 18.2 Å². The average molecular weight is 629 g/mol. The quantitative estimate of drug-likeness (QED) is 0.214. The summed E-state index contributed by atoms with van der Waals surface area (Å²) in [7, 11) is 2.08. The Hall–Kier alpha value is -4.23. The zero-order chi connectivity index (χ0) is 31.7. The summed E-state index contributed by atoms with van der Waals surface area (Å²) in [5.74, 6) is -4.99. The van der Waals surface area contributed by atoms with Crippen molar-refractivity contribution in [3.63, 3.8) is 0 Å². The maximum atomic E-state index is 14.3. The number of anilines is 3. The molecule has 0 bridgehead atoms. The molecule has 45 heavy (non-hydrogen) atoms. The van der Waals surface area contributed by atoms with Crippen molar-refractivity contribution in [3.05, 3.63) is 82.9 Å². The van der Waals surface area contributed by atoms with E-state index in [0.29, 0.717) is 48.2 Å². The number of H-pyrrole nitrogens is 1. The molecule has 1 atom stereocenters. The van der Waals surface area contributed by atoms with Gasteiger partial charge < -0.3 is 25.2 Å². The van der Waals surface area contributed by atoms with Crippen LogP contribution in [0, 0.1) is 11.6 Å². The van der Waals surface area contributed by atoms with Gasteiger partial charge in [0.15, 0.2) is 5.82 Å². The van der Waals surface area contributed by atoms with E-state index >= 15 is 0 Å². The Bertz CT molecular complexity index is 1660. The third-order valence-electron chi connectivity index (χ3n) is 8.39. The van der Waals surface area contributed by atoms with Gasteiger partial charge in [0.05, 0.1) is 11.1 Å². The first-order valence-electron chi connectivity index (χ1n) is 14.8. The molecule has 0 radical (unpaired) electrons. The van der Waals surface area contributed by atoms with Gasteiger partial charge in [-0.15, -0.1) is 0 Å². The molecular formula is C32H33F5N6O2. The number of fused-ring (bicyclic) bond motifs is 1. The fraction of sp³-hybridized carbons (Fsp3) is 0.375. The van der Waals surface area contributed by atoms with Gasteiger partial charge in [0.25, 0.3) is 5.91 Å². The van der Waals surface area contributed by atoms with Crippen molar-refractivity contribution in [1.82, 2.24) is 15.1 Å². The lowest BCUT2D eigenvalue weighted by molar-refractivity contribution is -0.141. The first kappa shape index (κ1) is 30.8. The first-order chi connectivity index (χ1) is 21.5. The molecule has 2 saturated heterocycles. The Balaban J connectivity index is 1.31. The summed E-state index contributed by atoms with van der Waals surface area (Å²) in [6.45, 7) is 4.76. The van der Waals surface area contributed by atoms with Gasteiger partial charge in [-0.05, 0) is 73.5 Å². The lowest BCUT2D eigenvalue weighted by Gasteiger charge is -2.34. The van der Waals surface area contributed by atoms with E-state index in [-0.39, 0.29) is 22.8 Å². The summed E-state index contributed by atoms with van der Waals surface area (Å²) in [6, 6.07) is 11.4. The molecule has 3 heterocycles. The number of nitrogens with zero attached hydrogens (tertiary/aromatic N) is 3. The fourth-order valence-electron chi connectivity index (χ4n) is 5.97. The first-order valence-corrected chi connectivity index (χ1v) is 14.8. The zero-order valence-corrected chi connectivity index (χ0v) is 24.6. The van der Waals surface area contributed by atoms with Crippen LogP contribution >= 0.6 is 0 Å². The molecule has 1 unspecified atom stereocenters. The molecule has 238 valence electrons. The van der Waals surface area contributed by atoms with Crippen molar-refractivity contribution >= 4 is 34.0 Å². The number of nitrogens with one attached hydrogen (secondary N) is 3. The highest BCUT2D eigenvalue weighted by atomic mass is 19.4. The van der Waals surface area contributed by atoms with Crippen LogP contribution in [0.5, 0.6) is 0 Å². The predicted octanol–water partition coefficient (Wildman–Crippen LogP) is 6.13. The van der Waals surface area contributed by atoms with Crippen molar-refractivity contribution in [2.24, 2.45) is 0 Å². The van der Waals surface area contributed by atoms with Crippen LogP contribution in [-0.2, 0) is 4.74 Å². The standard InChI is InChI=1S/C32H33F5N6O2/c1-42-8-10-43(11-9-42)24-3-4-25(28(18-24)38-23-6-12-45-13-7-23)31(44)39-30-26-16-19(2-5-27(26)40-41-30)29(32(35,36)37)20-14-21(33)17-22(34)15-20/h2-5,14-18,23,29,38H,6-13H2,1H3,(H2,39,40,41,44). The maximum absolute atomic E-state index is 14.3. The van der Waals surface area contributed by atoms with Crippen LogP contribution in [0.2, 0.25) is 0 Å². The second kappa shape index (κ2) is 12.6. The number of amides is 1. The van der Waals surface area contributed by atoms with Crippen LogP contribution in [0.4, 0.5) is 39.1 Å². The zero-order valence-electron chi connectivity index (χ0n) is 24.6. The monoisotopic (exact) mass is 628 g/mol. The molecule has 2 aliphatic heterocycles. The number of hydrogen-bond donors (Lipinski definition) is 3. The van der Waals surface area contributed by atoms with Crippen LogP contribution in [0.1, 0.15) is 40.2 Å². The number of carbonyl (C=O) groups excluding carboxylic acids is 1. The van der Waals surface area contributed by atoms with Gasteiger partial charge in [0.2, 0.25) is 0 Å². The number of carbonyl (C=O) groups is 1. The molecule has 8 nitrogen and oxygen atoms in total. The van der Waals surface area contributed by atoms with E-state index in [4.69, 9.17) is 4.74 Å². The lowest BCUT2D eigenvalue weighted by Crippen LogP contribution is -2.44. The van der Waals surface area contributed by atoms with Gasteiger partial charge >= 0.3 is 6.18 Å². The molecule has 13 heteroatoms. The number of alkyl halides is 3. The van der Waals surface area contributed by atoms with E-state index in [1.54, 1.807) is 6.07 Å². The number of rotatable bonds is 7. The minimum atomic E-state index is -4.85. The summed E-state index contributed by atoms with van der Waals surface area (Å²) in [6.07, 6.45) is -3.29. The Labute approximate surface area is 256 Å². The number of benzene rings is 3. The topological polar surface area (TPSA) is 85.5 Å². The summed E-state index contributed by atoms with van der Waals surface area (Å²) in [4.78, 5) is 18.2. The van der Waals surface area contributed by atoms with Gasteiger partial charge in [-0.3, -0.25) is 9.89 Å². The summed E-state index contributed by atoms with van der Waals surface area (Å²) in [5, 5.41) is 13.4. The highest BCUT2D eigenvalue weighted by molar-refractivity contribution is 6.11. The molecule has 0 spiro atoms. The van der Waals surface area contributed by atoms with Crippen molar-refractivity contribution < 1.29 is 31.5 Å². The van der Waals surface area contributed by atoms with Crippen LogP contribution in [0.15, 0.2) is 54.6 Å². The molecule has 0 saturated carbocycles. The number of aromatic amines is 1. The number of hydrogen-bond acceptors (Lipinski definition) is 6. The number of ether oxygens (including phenoxy) is 1. The molecule has 4 aromatic rings. The molecular weight excluding hydrogens is 595 g/mol. The minimum Gasteiger partial charge on any atom is -0.381 e.